The third kappa shape index (κ3) is 4.29. The molecule has 1 aliphatic rings. The molecule has 1 saturated heterocycles. The normalized spacial score (nSPS) is 20.8. The van der Waals surface area contributed by atoms with E-state index in [-0.39, 0.29) is 12.6 Å². The molecule has 132 valence electrons. The Morgan fingerprint density at radius 1 is 1.33 bits per heavy atom. The van der Waals surface area contributed by atoms with Gasteiger partial charge in [-0.2, -0.15) is 0 Å². The van der Waals surface area contributed by atoms with Gasteiger partial charge in [-0.25, -0.2) is 4.79 Å². The molecule has 1 atom stereocenters. The van der Waals surface area contributed by atoms with E-state index in [1.165, 1.54) is 0 Å². The van der Waals surface area contributed by atoms with E-state index in [0.29, 0.717) is 25.3 Å². The topological polar surface area (TPSA) is 59.0 Å². The van der Waals surface area contributed by atoms with Crippen LogP contribution in [0.3, 0.4) is 0 Å². The van der Waals surface area contributed by atoms with Gasteiger partial charge in [0.15, 0.2) is 0 Å². The monoisotopic (exact) mass is 333 g/mol. The first-order chi connectivity index (χ1) is 11.1. The fourth-order valence-corrected chi connectivity index (χ4v) is 2.74. The number of nitrogens with zero attached hydrogens (tertiary/aromatic N) is 1. The minimum Gasteiger partial charge on any atom is -0.494 e. The van der Waals surface area contributed by atoms with Gasteiger partial charge in [-0.15, -0.1) is 0 Å². The number of β-amino-alcohol motifs (C(OH)–C–C–N with tert-alkyl or cyclic N) is 1. The number of likely N-dealkylation sites (tertiary alicyclic amines) is 1. The number of benzene rings is 1. The third-order valence-electron chi connectivity index (χ3n) is 3.96. The average molecular weight is 333 g/mol. The van der Waals surface area contributed by atoms with Crippen molar-refractivity contribution >= 4 is 11.9 Å². The molecule has 5 heteroatoms. The summed E-state index contributed by atoms with van der Waals surface area (Å²) in [4.78, 5) is 13.7. The van der Waals surface area contributed by atoms with Gasteiger partial charge >= 0.3 is 6.09 Å². The van der Waals surface area contributed by atoms with Gasteiger partial charge in [0, 0.05) is 12.1 Å². The predicted molar refractivity (Wildman–Crippen MR) is 93.4 cm³/mol. The van der Waals surface area contributed by atoms with Crippen molar-refractivity contribution in [2.45, 2.75) is 45.3 Å². The van der Waals surface area contributed by atoms with Gasteiger partial charge in [0.25, 0.3) is 0 Å². The van der Waals surface area contributed by atoms with E-state index in [1.807, 2.05) is 52.0 Å². The largest absolute Gasteiger partial charge is 0.494 e. The van der Waals surface area contributed by atoms with E-state index in [2.05, 4.69) is 6.58 Å². The Hall–Kier alpha value is -2.01. The summed E-state index contributed by atoms with van der Waals surface area (Å²) >= 11 is 0. The maximum Gasteiger partial charge on any atom is 0.410 e. The molecule has 5 nitrogen and oxygen atoms in total. The van der Waals surface area contributed by atoms with Crippen molar-refractivity contribution in [2.24, 2.45) is 0 Å². The third-order valence-corrected chi connectivity index (χ3v) is 3.96. The van der Waals surface area contributed by atoms with E-state index < -0.39 is 11.2 Å². The van der Waals surface area contributed by atoms with Gasteiger partial charge in [0.1, 0.15) is 17.0 Å². The lowest BCUT2D eigenvalue weighted by Crippen LogP contribution is -2.38. The van der Waals surface area contributed by atoms with Gasteiger partial charge in [-0.1, -0.05) is 30.8 Å². The zero-order valence-corrected chi connectivity index (χ0v) is 15.0. The highest BCUT2D eigenvalue weighted by Gasteiger charge is 2.41. The van der Waals surface area contributed by atoms with Crippen LogP contribution in [0.1, 0.15) is 45.2 Å². The van der Waals surface area contributed by atoms with Crippen molar-refractivity contribution in [3.63, 3.8) is 0 Å². The number of rotatable bonds is 4. The van der Waals surface area contributed by atoms with Crippen LogP contribution < -0.4 is 0 Å². The van der Waals surface area contributed by atoms with E-state index in [1.54, 1.807) is 4.90 Å². The quantitative estimate of drug-likeness (QED) is 0.857. The molecule has 1 N–H and O–H groups in total. The fraction of sp³-hybridized carbons (Fsp3) is 0.526. The zero-order chi connectivity index (χ0) is 18.0. The van der Waals surface area contributed by atoms with Crippen LogP contribution in [0.15, 0.2) is 30.8 Å². The lowest BCUT2D eigenvalue weighted by molar-refractivity contribution is 0.0140. The van der Waals surface area contributed by atoms with Crippen LogP contribution >= 0.6 is 0 Å². The minimum atomic E-state index is -1.05. The van der Waals surface area contributed by atoms with E-state index in [9.17, 15) is 9.90 Å². The molecule has 1 aromatic rings. The summed E-state index contributed by atoms with van der Waals surface area (Å²) in [5, 5.41) is 10.9. The van der Waals surface area contributed by atoms with Crippen LogP contribution in [0.4, 0.5) is 4.79 Å². The molecule has 1 heterocycles. The highest BCUT2D eigenvalue weighted by atomic mass is 16.6. The lowest BCUT2D eigenvalue weighted by Gasteiger charge is -2.26. The molecule has 2 rings (SSSR count). The standard InChI is InChI=1S/C19H27NO4/c1-6-23-14(2)15-7-9-16(10-8-15)19(22)11-12-20(13-19)17(21)24-18(3,4)5/h7-10,22H,2,6,11-13H2,1,3-5H3. The van der Waals surface area contributed by atoms with Gasteiger partial charge in [0.05, 0.1) is 13.2 Å². The van der Waals surface area contributed by atoms with Gasteiger partial charge in [-0.05, 0) is 39.7 Å². The summed E-state index contributed by atoms with van der Waals surface area (Å²) in [5.41, 5.74) is 0.0642. The lowest BCUT2D eigenvalue weighted by atomic mass is 9.92. The Labute approximate surface area is 143 Å². The predicted octanol–water partition coefficient (Wildman–Crippen LogP) is 3.52. The smallest absolute Gasteiger partial charge is 0.410 e. The highest BCUT2D eigenvalue weighted by molar-refractivity contribution is 5.69. The Morgan fingerprint density at radius 2 is 1.96 bits per heavy atom. The summed E-state index contributed by atoms with van der Waals surface area (Å²) in [6.07, 6.45) is 0.0950. The maximum atomic E-state index is 12.2. The van der Waals surface area contributed by atoms with Crippen molar-refractivity contribution < 1.29 is 19.4 Å². The second-order valence-corrected chi connectivity index (χ2v) is 7.12. The molecule has 1 aromatic carbocycles. The molecule has 1 amide bonds. The number of amides is 1. The van der Waals surface area contributed by atoms with E-state index in [4.69, 9.17) is 9.47 Å². The summed E-state index contributed by atoms with van der Waals surface area (Å²) in [5.74, 6) is 0.609. The number of hydrogen-bond donors (Lipinski definition) is 1. The summed E-state index contributed by atoms with van der Waals surface area (Å²) in [7, 11) is 0. The SMILES string of the molecule is C=C(OCC)c1ccc(C2(O)CCN(C(=O)OC(C)(C)C)C2)cc1. The molecule has 24 heavy (non-hydrogen) atoms. The van der Waals surface area contributed by atoms with E-state index in [0.717, 1.165) is 11.1 Å². The molecule has 0 aliphatic carbocycles. The second-order valence-electron chi connectivity index (χ2n) is 7.12. The molecule has 0 spiro atoms. The minimum absolute atomic E-state index is 0.230. The zero-order valence-electron chi connectivity index (χ0n) is 15.0. The molecular formula is C19H27NO4. The molecule has 1 fully saturated rings. The van der Waals surface area contributed by atoms with Crippen LogP contribution in [0.5, 0.6) is 0 Å². The van der Waals surface area contributed by atoms with Crippen molar-refractivity contribution in [3.8, 4) is 0 Å². The van der Waals surface area contributed by atoms with Crippen molar-refractivity contribution in [3.05, 3.63) is 42.0 Å². The van der Waals surface area contributed by atoms with Crippen molar-refractivity contribution in [1.82, 2.24) is 4.90 Å². The first kappa shape index (κ1) is 18.3. The molecule has 1 unspecified atom stereocenters. The first-order valence-corrected chi connectivity index (χ1v) is 8.27. The molecule has 0 bridgehead atoms. The maximum absolute atomic E-state index is 12.2. The Bertz CT molecular complexity index is 603. The number of aliphatic hydroxyl groups is 1. The second kappa shape index (κ2) is 6.85. The van der Waals surface area contributed by atoms with Gasteiger partial charge < -0.3 is 19.5 Å². The van der Waals surface area contributed by atoms with E-state index >= 15 is 0 Å². The van der Waals surface area contributed by atoms with Crippen LogP contribution in [0.25, 0.3) is 5.76 Å². The summed E-state index contributed by atoms with van der Waals surface area (Å²) in [6.45, 7) is 12.5. The number of carbonyl (C=O) groups is 1. The molecular weight excluding hydrogens is 306 g/mol. The highest BCUT2D eigenvalue weighted by Crippen LogP contribution is 2.33. The van der Waals surface area contributed by atoms with Gasteiger partial charge in [0.2, 0.25) is 0 Å². The number of carbonyl (C=O) groups excluding carboxylic acids is 1. The fourth-order valence-electron chi connectivity index (χ4n) is 2.74. The number of hydrogen-bond acceptors (Lipinski definition) is 4. The van der Waals surface area contributed by atoms with Crippen LogP contribution in [-0.4, -0.2) is 41.4 Å². The van der Waals surface area contributed by atoms with Crippen molar-refractivity contribution in [1.29, 1.82) is 0 Å². The van der Waals surface area contributed by atoms with Crippen LogP contribution in [0.2, 0.25) is 0 Å². The van der Waals surface area contributed by atoms with Crippen LogP contribution in [-0.2, 0) is 15.1 Å². The molecule has 0 saturated carbocycles. The molecule has 0 aromatic heterocycles. The number of ether oxygens (including phenoxy) is 2. The first-order valence-electron chi connectivity index (χ1n) is 8.27. The Balaban J connectivity index is 2.07. The molecule has 0 radical (unpaired) electrons. The average Bonchev–Trinajstić information content (AvgIpc) is 2.90. The Kier molecular flexibility index (Phi) is 5.23. The summed E-state index contributed by atoms with van der Waals surface area (Å²) < 4.78 is 10.8. The Morgan fingerprint density at radius 3 is 2.50 bits per heavy atom. The van der Waals surface area contributed by atoms with Crippen LogP contribution in [0, 0.1) is 0 Å². The van der Waals surface area contributed by atoms with Gasteiger partial charge in [-0.3, -0.25) is 0 Å². The van der Waals surface area contributed by atoms with Crippen molar-refractivity contribution in [2.75, 3.05) is 19.7 Å². The molecule has 1 aliphatic heterocycles. The summed E-state index contributed by atoms with van der Waals surface area (Å²) in [6, 6.07) is 7.47.